The van der Waals surface area contributed by atoms with Crippen LogP contribution in [0.3, 0.4) is 0 Å². The minimum absolute atomic E-state index is 0.816. The van der Waals surface area contributed by atoms with Gasteiger partial charge in [0.2, 0.25) is 0 Å². The van der Waals surface area contributed by atoms with Crippen LogP contribution in [-0.4, -0.2) is 19.7 Å². The summed E-state index contributed by atoms with van der Waals surface area (Å²) in [5.74, 6) is 0.980. The van der Waals surface area contributed by atoms with Gasteiger partial charge in [-0.15, -0.1) is 0 Å². The monoisotopic (exact) mass is 334 g/mol. The van der Waals surface area contributed by atoms with Gasteiger partial charge in [-0.25, -0.2) is 4.58 Å². The van der Waals surface area contributed by atoms with Gasteiger partial charge in [0, 0.05) is 18.2 Å². The van der Waals surface area contributed by atoms with Gasteiger partial charge >= 0.3 is 3.98 Å². The Labute approximate surface area is 140 Å². The number of ether oxygens (including phenoxy) is 1. The average Bonchev–Trinajstić information content (AvgIpc) is 3.07. The molecular weight excluding hydrogens is 310 g/mol. The largest absolute Gasteiger partial charge is 0.494 e. The van der Waals surface area contributed by atoms with Crippen molar-refractivity contribution in [2.75, 3.05) is 19.7 Å². The van der Waals surface area contributed by atoms with Gasteiger partial charge < -0.3 is 4.74 Å². The van der Waals surface area contributed by atoms with E-state index in [9.17, 15) is 0 Å². The van der Waals surface area contributed by atoms with Crippen LogP contribution in [0.5, 0.6) is 5.75 Å². The van der Waals surface area contributed by atoms with Gasteiger partial charge in [0.1, 0.15) is 18.8 Å². The third-order valence-electron chi connectivity index (χ3n) is 3.98. The van der Waals surface area contributed by atoms with Crippen molar-refractivity contribution in [3.63, 3.8) is 0 Å². The molecule has 0 amide bonds. The first-order chi connectivity index (χ1) is 10.9. The summed E-state index contributed by atoms with van der Waals surface area (Å²) in [6.07, 6.45) is 6.36. The lowest BCUT2D eigenvalue weighted by Crippen LogP contribution is -2.31. The lowest BCUT2D eigenvalue weighted by molar-refractivity contribution is 0.309. The zero-order valence-corrected chi connectivity index (χ0v) is 14.8. The number of rotatable bonds is 5. The van der Waals surface area contributed by atoms with Crippen molar-refractivity contribution in [3.8, 4) is 16.2 Å². The maximum Gasteiger partial charge on any atom is 0.314 e. The van der Waals surface area contributed by atoms with Crippen LogP contribution in [-0.2, 0) is 0 Å². The Morgan fingerprint density at radius 1 is 1.09 bits per heavy atom. The minimum Gasteiger partial charge on any atom is -0.494 e. The van der Waals surface area contributed by atoms with Crippen LogP contribution in [0.2, 0.25) is 0 Å². The molecule has 1 aliphatic rings. The van der Waals surface area contributed by atoms with Gasteiger partial charge in [-0.1, -0.05) is 36.0 Å². The molecule has 0 unspecified atom stereocenters. The number of unbranched alkanes of at least 4 members (excludes halogenated alkanes) is 1. The predicted octanol–water partition coefficient (Wildman–Crippen LogP) is 4.61. The average molecular weight is 335 g/mol. The molecule has 3 rings (SSSR count). The lowest BCUT2D eigenvalue weighted by Gasteiger charge is -2.07. The highest BCUT2D eigenvalue weighted by Gasteiger charge is 2.14. The van der Waals surface area contributed by atoms with Crippen molar-refractivity contribution in [1.82, 2.24) is 4.58 Å². The molecule has 0 saturated carbocycles. The van der Waals surface area contributed by atoms with Crippen molar-refractivity contribution in [2.45, 2.75) is 39.0 Å². The van der Waals surface area contributed by atoms with E-state index in [1.54, 1.807) is 0 Å². The van der Waals surface area contributed by atoms with E-state index in [2.05, 4.69) is 41.1 Å². The molecule has 0 N–H and O–H groups in total. The molecular formula is C18H24NOS2+. The fraction of sp³-hybridized carbons (Fsp3) is 0.500. The molecule has 4 heteroatoms. The van der Waals surface area contributed by atoms with Crippen molar-refractivity contribution >= 4 is 22.7 Å². The molecule has 22 heavy (non-hydrogen) atoms. The summed E-state index contributed by atoms with van der Waals surface area (Å²) in [5, 5.41) is 2.29. The first-order valence-corrected chi connectivity index (χ1v) is 9.96. The highest BCUT2D eigenvalue weighted by molar-refractivity contribution is 7.28. The maximum absolute atomic E-state index is 5.74. The van der Waals surface area contributed by atoms with E-state index in [1.165, 1.54) is 53.2 Å². The molecule has 0 atom stereocenters. The van der Waals surface area contributed by atoms with Crippen LogP contribution in [0.4, 0.5) is 0 Å². The molecule has 2 heterocycles. The Balaban J connectivity index is 1.73. The van der Waals surface area contributed by atoms with E-state index in [-0.39, 0.29) is 0 Å². The van der Waals surface area contributed by atoms with Crippen LogP contribution in [0, 0.1) is 0 Å². The molecule has 0 radical (unpaired) electrons. The highest BCUT2D eigenvalue weighted by atomic mass is 32.2. The Bertz CT molecular complexity index is 646. The molecule has 0 bridgehead atoms. The van der Waals surface area contributed by atoms with Crippen molar-refractivity contribution in [1.29, 1.82) is 0 Å². The molecule has 1 saturated heterocycles. The molecule has 0 spiro atoms. The second-order valence-corrected chi connectivity index (χ2v) is 7.89. The van der Waals surface area contributed by atoms with Crippen LogP contribution >= 0.6 is 22.7 Å². The molecule has 1 aromatic carbocycles. The summed E-state index contributed by atoms with van der Waals surface area (Å²) >= 11 is 3.81. The van der Waals surface area contributed by atoms with Gasteiger partial charge in [0.15, 0.2) is 0 Å². The van der Waals surface area contributed by atoms with Crippen LogP contribution < -0.4 is 13.3 Å². The lowest BCUT2D eigenvalue weighted by atomic mass is 10.2. The standard InChI is InChI=1S/C18H24NOS2/c1-2-3-13-20-16-9-7-15(8-10-16)17-14-21-18(22-17)19-11-5-4-6-12-19/h7-10,14H,2-6,11-13H2,1H3/q+1. The summed E-state index contributed by atoms with van der Waals surface area (Å²) < 4.78 is 9.74. The minimum atomic E-state index is 0.816. The van der Waals surface area contributed by atoms with Crippen LogP contribution in [0.1, 0.15) is 39.0 Å². The second kappa shape index (κ2) is 7.93. The van der Waals surface area contributed by atoms with Crippen molar-refractivity contribution < 1.29 is 4.74 Å². The quantitative estimate of drug-likeness (QED) is 0.574. The topological polar surface area (TPSA) is 12.2 Å². The van der Waals surface area contributed by atoms with E-state index < -0.39 is 0 Å². The summed E-state index contributed by atoms with van der Waals surface area (Å²) in [5.41, 5.74) is 1.30. The SMILES string of the molecule is CCCCOc1ccc(-c2csc(=[N+]3CCCCC3)s2)cc1. The number of hydrogen-bond donors (Lipinski definition) is 0. The Morgan fingerprint density at radius 2 is 1.86 bits per heavy atom. The first kappa shape index (κ1) is 15.8. The normalized spacial score (nSPS) is 15.0. The van der Waals surface area contributed by atoms with Crippen molar-refractivity contribution in [2.24, 2.45) is 0 Å². The van der Waals surface area contributed by atoms with E-state index >= 15 is 0 Å². The fourth-order valence-electron chi connectivity index (χ4n) is 2.64. The zero-order chi connectivity index (χ0) is 15.2. The van der Waals surface area contributed by atoms with Crippen LogP contribution in [0.15, 0.2) is 29.6 Å². The van der Waals surface area contributed by atoms with Gasteiger partial charge in [-0.2, -0.15) is 0 Å². The predicted molar refractivity (Wildman–Crippen MR) is 96.9 cm³/mol. The number of nitrogens with zero attached hydrogens (tertiary/aromatic N) is 1. The van der Waals surface area contributed by atoms with Crippen LogP contribution in [0.25, 0.3) is 10.4 Å². The third-order valence-corrected chi connectivity index (χ3v) is 6.49. The van der Waals surface area contributed by atoms with Gasteiger partial charge in [-0.05, 0) is 42.7 Å². The second-order valence-electron chi connectivity index (χ2n) is 5.74. The molecule has 118 valence electrons. The van der Waals surface area contributed by atoms with E-state index in [1.807, 2.05) is 22.7 Å². The first-order valence-electron chi connectivity index (χ1n) is 8.26. The van der Waals surface area contributed by atoms with Gasteiger partial charge in [0.05, 0.1) is 11.5 Å². The number of hydrogen-bond acceptors (Lipinski definition) is 3. The number of benzene rings is 1. The molecule has 2 aromatic rings. The Hall–Kier alpha value is -1.13. The summed E-state index contributed by atoms with van der Waals surface area (Å²) in [7, 11) is 0. The number of piperidine rings is 1. The smallest absolute Gasteiger partial charge is 0.314 e. The third kappa shape index (κ3) is 3.99. The molecule has 1 aromatic heterocycles. The molecule has 1 aliphatic heterocycles. The van der Waals surface area contributed by atoms with Crippen molar-refractivity contribution in [3.05, 3.63) is 33.6 Å². The van der Waals surface area contributed by atoms with E-state index in [0.717, 1.165) is 18.8 Å². The molecule has 1 fully saturated rings. The summed E-state index contributed by atoms with van der Waals surface area (Å²) in [4.78, 5) is 1.37. The summed E-state index contributed by atoms with van der Waals surface area (Å²) in [6.45, 7) is 5.45. The molecule has 0 aliphatic carbocycles. The highest BCUT2D eigenvalue weighted by Crippen LogP contribution is 2.26. The van der Waals surface area contributed by atoms with E-state index in [0.29, 0.717) is 0 Å². The van der Waals surface area contributed by atoms with Gasteiger partial charge in [0.25, 0.3) is 0 Å². The zero-order valence-electron chi connectivity index (χ0n) is 13.2. The fourth-order valence-corrected chi connectivity index (χ4v) is 5.01. The summed E-state index contributed by atoms with van der Waals surface area (Å²) in [6, 6.07) is 8.55. The Morgan fingerprint density at radius 3 is 2.59 bits per heavy atom. The Kier molecular flexibility index (Phi) is 5.68. The van der Waals surface area contributed by atoms with Gasteiger partial charge in [-0.3, -0.25) is 0 Å². The maximum atomic E-state index is 5.74. The molecule has 2 nitrogen and oxygen atoms in total. The van der Waals surface area contributed by atoms with E-state index in [4.69, 9.17) is 4.74 Å².